The van der Waals surface area contributed by atoms with E-state index in [0.29, 0.717) is 28.5 Å². The van der Waals surface area contributed by atoms with E-state index in [1.165, 1.54) is 24.4 Å². The molecule has 0 bridgehead atoms. The quantitative estimate of drug-likeness (QED) is 0.671. The van der Waals surface area contributed by atoms with Crippen molar-refractivity contribution in [1.82, 2.24) is 4.98 Å². The molecule has 0 fully saturated rings. The first-order valence-corrected chi connectivity index (χ1v) is 8.06. The fourth-order valence-electron chi connectivity index (χ4n) is 2.24. The number of nitrogens with zero attached hydrogens (tertiary/aromatic N) is 1. The van der Waals surface area contributed by atoms with E-state index in [1.54, 1.807) is 43.5 Å². The van der Waals surface area contributed by atoms with Gasteiger partial charge in [0.25, 0.3) is 5.91 Å². The number of carbonyl (C=O) groups excluding carboxylic acids is 1. The Kier molecular flexibility index (Phi) is 5.34. The highest BCUT2D eigenvalue weighted by Crippen LogP contribution is 2.22. The van der Waals surface area contributed by atoms with Crippen LogP contribution in [0.5, 0.6) is 5.75 Å². The molecule has 2 N–H and O–H groups in total. The summed E-state index contributed by atoms with van der Waals surface area (Å²) >= 11 is 5.77. The second kappa shape index (κ2) is 7.84. The predicted octanol–water partition coefficient (Wildman–Crippen LogP) is 4.88. The molecule has 1 aromatic heterocycles. The third-order valence-electron chi connectivity index (χ3n) is 3.56. The van der Waals surface area contributed by atoms with Gasteiger partial charge in [0.1, 0.15) is 17.4 Å². The van der Waals surface area contributed by atoms with Crippen LogP contribution in [0, 0.1) is 5.82 Å². The standard InChI is InChI=1S/C19H15ClFN3O2/c1-26-15-5-2-13(3-6-15)24-19(25)12-8-9-22-18(10-12)23-14-4-7-17(21)16(20)11-14/h2-11H,1H3,(H,22,23)(H,24,25). The van der Waals surface area contributed by atoms with Crippen molar-refractivity contribution in [2.45, 2.75) is 0 Å². The van der Waals surface area contributed by atoms with Gasteiger partial charge in [0.05, 0.1) is 12.1 Å². The summed E-state index contributed by atoms with van der Waals surface area (Å²) in [5.41, 5.74) is 1.63. The van der Waals surface area contributed by atoms with E-state index in [9.17, 15) is 9.18 Å². The molecule has 0 saturated carbocycles. The number of benzene rings is 2. The lowest BCUT2D eigenvalue weighted by molar-refractivity contribution is 0.102. The third kappa shape index (κ3) is 4.29. The molecule has 7 heteroatoms. The van der Waals surface area contributed by atoms with Crippen molar-refractivity contribution < 1.29 is 13.9 Å². The zero-order valence-corrected chi connectivity index (χ0v) is 14.5. The number of amides is 1. The molecule has 0 radical (unpaired) electrons. The summed E-state index contributed by atoms with van der Waals surface area (Å²) in [7, 11) is 1.58. The van der Waals surface area contributed by atoms with Crippen molar-refractivity contribution in [1.29, 1.82) is 0 Å². The van der Waals surface area contributed by atoms with Crippen molar-refractivity contribution in [2.75, 3.05) is 17.7 Å². The summed E-state index contributed by atoms with van der Waals surface area (Å²) in [6.45, 7) is 0. The molecule has 0 aliphatic rings. The number of nitrogens with one attached hydrogen (secondary N) is 2. The number of hydrogen-bond donors (Lipinski definition) is 2. The molecule has 3 aromatic rings. The van der Waals surface area contributed by atoms with Crippen LogP contribution in [0.25, 0.3) is 0 Å². The average Bonchev–Trinajstić information content (AvgIpc) is 2.65. The zero-order chi connectivity index (χ0) is 18.5. The lowest BCUT2D eigenvalue weighted by atomic mass is 10.2. The molecule has 5 nitrogen and oxygen atoms in total. The van der Waals surface area contributed by atoms with E-state index >= 15 is 0 Å². The molecule has 0 spiro atoms. The second-order valence-corrected chi connectivity index (χ2v) is 5.77. The molecule has 1 amide bonds. The van der Waals surface area contributed by atoms with E-state index in [-0.39, 0.29) is 10.9 Å². The smallest absolute Gasteiger partial charge is 0.255 e. The normalized spacial score (nSPS) is 10.3. The molecule has 2 aromatic carbocycles. The van der Waals surface area contributed by atoms with Crippen molar-refractivity contribution in [2.24, 2.45) is 0 Å². The molecule has 0 aliphatic carbocycles. The maximum Gasteiger partial charge on any atom is 0.255 e. The van der Waals surface area contributed by atoms with Crippen LogP contribution in [0.1, 0.15) is 10.4 Å². The Balaban J connectivity index is 1.73. The SMILES string of the molecule is COc1ccc(NC(=O)c2ccnc(Nc3ccc(F)c(Cl)c3)c2)cc1. The zero-order valence-electron chi connectivity index (χ0n) is 13.8. The fraction of sp³-hybridized carbons (Fsp3) is 0.0526. The number of aromatic nitrogens is 1. The molecule has 1 heterocycles. The van der Waals surface area contributed by atoms with Gasteiger partial charge < -0.3 is 15.4 Å². The van der Waals surface area contributed by atoms with Gasteiger partial charge in [-0.1, -0.05) is 11.6 Å². The predicted molar refractivity (Wildman–Crippen MR) is 99.9 cm³/mol. The molecule has 132 valence electrons. The molecular formula is C19H15ClFN3O2. The number of halogens is 2. The summed E-state index contributed by atoms with van der Waals surface area (Å²) in [6, 6.07) is 14.4. The summed E-state index contributed by atoms with van der Waals surface area (Å²) < 4.78 is 18.3. The fourth-order valence-corrected chi connectivity index (χ4v) is 2.42. The van der Waals surface area contributed by atoms with Crippen LogP contribution in [0.4, 0.5) is 21.6 Å². The monoisotopic (exact) mass is 371 g/mol. The van der Waals surface area contributed by atoms with Crippen molar-refractivity contribution in [3.8, 4) is 5.75 Å². The Morgan fingerprint density at radius 1 is 1.08 bits per heavy atom. The summed E-state index contributed by atoms with van der Waals surface area (Å²) in [5.74, 6) is 0.363. The third-order valence-corrected chi connectivity index (χ3v) is 3.85. The Hall–Kier alpha value is -3.12. The second-order valence-electron chi connectivity index (χ2n) is 5.37. The minimum atomic E-state index is -0.502. The van der Waals surface area contributed by atoms with Crippen LogP contribution in [0.3, 0.4) is 0 Å². The van der Waals surface area contributed by atoms with Crippen LogP contribution >= 0.6 is 11.6 Å². The molecule has 26 heavy (non-hydrogen) atoms. The largest absolute Gasteiger partial charge is 0.497 e. The van der Waals surface area contributed by atoms with Gasteiger partial charge in [-0.25, -0.2) is 9.37 Å². The number of anilines is 3. The first-order chi connectivity index (χ1) is 12.5. The topological polar surface area (TPSA) is 63.2 Å². The Morgan fingerprint density at radius 3 is 2.50 bits per heavy atom. The van der Waals surface area contributed by atoms with Gasteiger partial charge in [0, 0.05) is 23.1 Å². The lowest BCUT2D eigenvalue weighted by Gasteiger charge is -2.09. The summed E-state index contributed by atoms with van der Waals surface area (Å²) in [6.07, 6.45) is 1.51. The molecule has 0 atom stereocenters. The van der Waals surface area contributed by atoms with Gasteiger partial charge in [-0.05, 0) is 54.6 Å². The van der Waals surface area contributed by atoms with E-state index in [4.69, 9.17) is 16.3 Å². The first kappa shape index (κ1) is 17.7. The Morgan fingerprint density at radius 2 is 1.81 bits per heavy atom. The molecule has 0 unspecified atom stereocenters. The number of methoxy groups -OCH3 is 1. The molecule has 3 rings (SSSR count). The highest BCUT2D eigenvalue weighted by Gasteiger charge is 2.09. The van der Waals surface area contributed by atoms with Crippen LogP contribution < -0.4 is 15.4 Å². The lowest BCUT2D eigenvalue weighted by Crippen LogP contribution is -2.12. The number of hydrogen-bond acceptors (Lipinski definition) is 4. The summed E-state index contributed by atoms with van der Waals surface area (Å²) in [5, 5.41) is 5.79. The van der Waals surface area contributed by atoms with Gasteiger partial charge in [-0.15, -0.1) is 0 Å². The van der Waals surface area contributed by atoms with Gasteiger partial charge in [0.2, 0.25) is 0 Å². The molecule has 0 saturated heterocycles. The van der Waals surface area contributed by atoms with Crippen molar-refractivity contribution in [3.63, 3.8) is 0 Å². The van der Waals surface area contributed by atoms with Gasteiger partial charge in [0.15, 0.2) is 0 Å². The maximum absolute atomic E-state index is 13.2. The van der Waals surface area contributed by atoms with Crippen LogP contribution in [0.15, 0.2) is 60.8 Å². The highest BCUT2D eigenvalue weighted by atomic mass is 35.5. The van der Waals surface area contributed by atoms with E-state index in [0.717, 1.165) is 0 Å². The number of carbonyl (C=O) groups is 1. The van der Waals surface area contributed by atoms with E-state index in [2.05, 4.69) is 15.6 Å². The minimum absolute atomic E-state index is 0.00315. The average molecular weight is 372 g/mol. The van der Waals surface area contributed by atoms with Gasteiger partial charge >= 0.3 is 0 Å². The van der Waals surface area contributed by atoms with Crippen LogP contribution in [-0.4, -0.2) is 18.0 Å². The van der Waals surface area contributed by atoms with Crippen LogP contribution in [-0.2, 0) is 0 Å². The van der Waals surface area contributed by atoms with E-state index < -0.39 is 5.82 Å². The minimum Gasteiger partial charge on any atom is -0.497 e. The molecular weight excluding hydrogens is 357 g/mol. The highest BCUT2D eigenvalue weighted by molar-refractivity contribution is 6.31. The van der Waals surface area contributed by atoms with Crippen molar-refractivity contribution in [3.05, 3.63) is 77.2 Å². The number of rotatable bonds is 5. The molecule has 0 aliphatic heterocycles. The number of ether oxygens (including phenoxy) is 1. The maximum atomic E-state index is 13.2. The van der Waals surface area contributed by atoms with E-state index in [1.807, 2.05) is 0 Å². The van der Waals surface area contributed by atoms with Crippen LogP contribution in [0.2, 0.25) is 5.02 Å². The van der Waals surface area contributed by atoms with Crippen molar-refractivity contribution >= 4 is 34.7 Å². The van der Waals surface area contributed by atoms with Gasteiger partial charge in [-0.3, -0.25) is 4.79 Å². The number of pyridine rings is 1. The van der Waals surface area contributed by atoms with Gasteiger partial charge in [-0.2, -0.15) is 0 Å². The summed E-state index contributed by atoms with van der Waals surface area (Å²) in [4.78, 5) is 16.6. The first-order valence-electron chi connectivity index (χ1n) is 7.69. The Labute approximate surface area is 154 Å². The Bertz CT molecular complexity index is 932.